The first kappa shape index (κ1) is 9.04. The van der Waals surface area contributed by atoms with Crippen LogP contribution >= 0.6 is 11.6 Å². The second-order valence-electron chi connectivity index (χ2n) is 4.04. The summed E-state index contributed by atoms with van der Waals surface area (Å²) in [5, 5.41) is 4.28. The van der Waals surface area contributed by atoms with Crippen LogP contribution in [0.4, 0.5) is 0 Å². The minimum atomic E-state index is 0.310. The van der Waals surface area contributed by atoms with Gasteiger partial charge < -0.3 is 5.32 Å². The zero-order chi connectivity index (χ0) is 9.31. The fourth-order valence-electron chi connectivity index (χ4n) is 1.80. The van der Waals surface area contributed by atoms with Gasteiger partial charge in [0.1, 0.15) is 0 Å². The van der Waals surface area contributed by atoms with E-state index in [0.717, 1.165) is 18.0 Å². The Morgan fingerprint density at radius 1 is 1.54 bits per heavy atom. The molecule has 1 aromatic carbocycles. The van der Waals surface area contributed by atoms with E-state index in [9.17, 15) is 0 Å². The molecule has 0 aliphatic carbocycles. The van der Waals surface area contributed by atoms with Crippen LogP contribution < -0.4 is 5.32 Å². The Balaban J connectivity index is 2.09. The van der Waals surface area contributed by atoms with E-state index in [1.54, 1.807) is 0 Å². The molecule has 0 saturated carbocycles. The van der Waals surface area contributed by atoms with Gasteiger partial charge in [0, 0.05) is 10.6 Å². The fraction of sp³-hybridized carbons (Fsp3) is 0.455. The molecule has 0 radical (unpaired) electrons. The average Bonchev–Trinajstić information content (AvgIpc) is 2.01. The highest BCUT2D eigenvalue weighted by atomic mass is 35.5. The van der Waals surface area contributed by atoms with E-state index in [-0.39, 0.29) is 0 Å². The molecule has 0 aromatic heterocycles. The van der Waals surface area contributed by atoms with Crippen LogP contribution in [0.5, 0.6) is 0 Å². The summed E-state index contributed by atoms with van der Waals surface area (Å²) in [5.41, 5.74) is 1.63. The standard InChI is InChI=1S/C11H14ClN/c1-11(5-6-13-11)8-9-3-2-4-10(12)7-9/h2-4,7,13H,5-6,8H2,1H3. The molecular weight excluding hydrogens is 182 g/mol. The number of hydrogen-bond acceptors (Lipinski definition) is 1. The second-order valence-corrected chi connectivity index (χ2v) is 4.48. The summed E-state index contributed by atoms with van der Waals surface area (Å²) in [5.74, 6) is 0. The van der Waals surface area contributed by atoms with Gasteiger partial charge in [0.05, 0.1) is 0 Å². The van der Waals surface area contributed by atoms with Crippen molar-refractivity contribution in [3.05, 3.63) is 34.9 Å². The Kier molecular flexibility index (Phi) is 2.31. The summed E-state index contributed by atoms with van der Waals surface area (Å²) in [4.78, 5) is 0. The molecule has 1 aliphatic rings. The van der Waals surface area contributed by atoms with Crippen molar-refractivity contribution in [3.8, 4) is 0 Å². The van der Waals surface area contributed by atoms with Gasteiger partial charge in [0.2, 0.25) is 0 Å². The highest BCUT2D eigenvalue weighted by Gasteiger charge is 2.30. The SMILES string of the molecule is CC1(Cc2cccc(Cl)c2)CCN1. The van der Waals surface area contributed by atoms with Gasteiger partial charge in [-0.3, -0.25) is 0 Å². The lowest BCUT2D eigenvalue weighted by Crippen LogP contribution is -2.55. The minimum Gasteiger partial charge on any atom is -0.311 e. The maximum atomic E-state index is 5.91. The predicted octanol–water partition coefficient (Wildman–Crippen LogP) is 2.63. The van der Waals surface area contributed by atoms with Crippen LogP contribution in [0.15, 0.2) is 24.3 Å². The van der Waals surface area contributed by atoms with E-state index < -0.39 is 0 Å². The Morgan fingerprint density at radius 2 is 2.31 bits per heavy atom. The number of rotatable bonds is 2. The summed E-state index contributed by atoms with van der Waals surface area (Å²) in [6.45, 7) is 3.41. The molecule has 2 heteroatoms. The van der Waals surface area contributed by atoms with Crippen LogP contribution in [-0.4, -0.2) is 12.1 Å². The molecule has 1 heterocycles. The third-order valence-corrected chi connectivity index (χ3v) is 2.95. The van der Waals surface area contributed by atoms with Crippen LogP contribution in [-0.2, 0) is 6.42 Å². The fourth-order valence-corrected chi connectivity index (χ4v) is 2.01. The van der Waals surface area contributed by atoms with Gasteiger partial charge in [0.25, 0.3) is 0 Å². The van der Waals surface area contributed by atoms with Crippen LogP contribution in [0.2, 0.25) is 5.02 Å². The third kappa shape index (κ3) is 2.04. The molecule has 2 rings (SSSR count). The van der Waals surface area contributed by atoms with Crippen LogP contribution in [0.1, 0.15) is 18.9 Å². The van der Waals surface area contributed by atoms with E-state index in [2.05, 4.69) is 18.3 Å². The van der Waals surface area contributed by atoms with Crippen molar-refractivity contribution < 1.29 is 0 Å². The van der Waals surface area contributed by atoms with Crippen LogP contribution in [0, 0.1) is 0 Å². The normalized spacial score (nSPS) is 26.9. The van der Waals surface area contributed by atoms with E-state index in [1.807, 2.05) is 18.2 Å². The monoisotopic (exact) mass is 195 g/mol. The lowest BCUT2D eigenvalue weighted by Gasteiger charge is -2.40. The Hall–Kier alpha value is -0.530. The number of halogens is 1. The van der Waals surface area contributed by atoms with Gasteiger partial charge in [-0.2, -0.15) is 0 Å². The van der Waals surface area contributed by atoms with Crippen molar-refractivity contribution >= 4 is 11.6 Å². The van der Waals surface area contributed by atoms with Crippen molar-refractivity contribution in [2.24, 2.45) is 0 Å². The summed E-state index contributed by atoms with van der Waals surface area (Å²) in [7, 11) is 0. The lowest BCUT2D eigenvalue weighted by molar-refractivity contribution is 0.231. The van der Waals surface area contributed by atoms with Gasteiger partial charge in [-0.15, -0.1) is 0 Å². The van der Waals surface area contributed by atoms with E-state index in [4.69, 9.17) is 11.6 Å². The predicted molar refractivity (Wildman–Crippen MR) is 56.2 cm³/mol. The topological polar surface area (TPSA) is 12.0 Å². The third-order valence-electron chi connectivity index (χ3n) is 2.71. The highest BCUT2D eigenvalue weighted by molar-refractivity contribution is 6.30. The molecule has 1 atom stereocenters. The van der Waals surface area contributed by atoms with Crippen molar-refractivity contribution in [3.63, 3.8) is 0 Å². The number of benzene rings is 1. The molecule has 1 unspecified atom stereocenters. The molecule has 0 bridgehead atoms. The Morgan fingerprint density at radius 3 is 2.85 bits per heavy atom. The average molecular weight is 196 g/mol. The van der Waals surface area contributed by atoms with Crippen molar-refractivity contribution in [1.29, 1.82) is 0 Å². The van der Waals surface area contributed by atoms with Crippen LogP contribution in [0.25, 0.3) is 0 Å². The lowest BCUT2D eigenvalue weighted by atomic mass is 9.84. The van der Waals surface area contributed by atoms with Gasteiger partial charge in [0.15, 0.2) is 0 Å². The first-order valence-corrected chi connectivity index (χ1v) is 5.05. The molecule has 1 fully saturated rings. The summed E-state index contributed by atoms with van der Waals surface area (Å²) in [6.07, 6.45) is 2.34. The smallest absolute Gasteiger partial charge is 0.0408 e. The summed E-state index contributed by atoms with van der Waals surface area (Å²) in [6, 6.07) is 8.12. The molecule has 1 aliphatic heterocycles. The summed E-state index contributed by atoms with van der Waals surface area (Å²) < 4.78 is 0. The molecule has 1 aromatic rings. The maximum Gasteiger partial charge on any atom is 0.0408 e. The Bertz CT molecular complexity index is 305. The maximum absolute atomic E-state index is 5.91. The van der Waals surface area contributed by atoms with Crippen molar-refractivity contribution in [2.75, 3.05) is 6.54 Å². The van der Waals surface area contributed by atoms with E-state index in [1.165, 1.54) is 12.0 Å². The highest BCUT2D eigenvalue weighted by Crippen LogP contribution is 2.24. The molecule has 0 amide bonds. The zero-order valence-electron chi connectivity index (χ0n) is 7.81. The van der Waals surface area contributed by atoms with Crippen molar-refractivity contribution in [1.82, 2.24) is 5.32 Å². The molecular formula is C11H14ClN. The minimum absolute atomic E-state index is 0.310. The van der Waals surface area contributed by atoms with Crippen molar-refractivity contribution in [2.45, 2.75) is 25.3 Å². The zero-order valence-corrected chi connectivity index (χ0v) is 8.56. The van der Waals surface area contributed by atoms with E-state index >= 15 is 0 Å². The number of nitrogens with one attached hydrogen (secondary N) is 1. The first-order chi connectivity index (χ1) is 6.18. The van der Waals surface area contributed by atoms with Gasteiger partial charge in [-0.25, -0.2) is 0 Å². The second kappa shape index (κ2) is 3.32. The van der Waals surface area contributed by atoms with Crippen LogP contribution in [0.3, 0.4) is 0 Å². The van der Waals surface area contributed by atoms with Gasteiger partial charge in [-0.1, -0.05) is 23.7 Å². The molecule has 70 valence electrons. The summed E-state index contributed by atoms with van der Waals surface area (Å²) >= 11 is 5.91. The molecule has 1 saturated heterocycles. The molecule has 0 spiro atoms. The largest absolute Gasteiger partial charge is 0.311 e. The molecule has 1 nitrogen and oxygen atoms in total. The van der Waals surface area contributed by atoms with Gasteiger partial charge in [-0.05, 0) is 44.0 Å². The van der Waals surface area contributed by atoms with Gasteiger partial charge >= 0.3 is 0 Å². The first-order valence-electron chi connectivity index (χ1n) is 4.67. The Labute approximate surface area is 84.1 Å². The molecule has 1 N–H and O–H groups in total. The molecule has 13 heavy (non-hydrogen) atoms. The quantitative estimate of drug-likeness (QED) is 0.765. The van der Waals surface area contributed by atoms with E-state index in [0.29, 0.717) is 5.54 Å². The number of hydrogen-bond donors (Lipinski definition) is 1.